The van der Waals surface area contributed by atoms with E-state index in [1.165, 1.54) is 11.8 Å². The van der Waals surface area contributed by atoms with Gasteiger partial charge in [-0.05, 0) is 20.5 Å². The van der Waals surface area contributed by atoms with Gasteiger partial charge in [0.25, 0.3) is 0 Å². The van der Waals surface area contributed by atoms with Crippen LogP contribution in [-0.2, 0) is 4.79 Å². The highest BCUT2D eigenvalue weighted by atomic mass is 32.2. The van der Waals surface area contributed by atoms with Gasteiger partial charge < -0.3 is 14.9 Å². The second kappa shape index (κ2) is 6.84. The number of aliphatic hydroxyl groups is 1. The average molecular weight is 257 g/mol. The lowest BCUT2D eigenvalue weighted by atomic mass is 10.2. The van der Waals surface area contributed by atoms with Crippen LogP contribution in [0, 0.1) is 11.3 Å². The Morgan fingerprint density at radius 1 is 1.65 bits per heavy atom. The number of hydrogen-bond donors (Lipinski definition) is 1. The van der Waals surface area contributed by atoms with Gasteiger partial charge in [0.2, 0.25) is 5.91 Å². The molecule has 96 valence electrons. The standard InChI is InChI=1S/C11H19N3O2S/c1-13(2)6-9-5-10(15)7-14(9)11(16)8-17-4-3-12/h9-10,15H,4-8H2,1-2H3. The molecule has 1 saturated heterocycles. The second-order valence-electron chi connectivity index (χ2n) is 4.50. The van der Waals surface area contributed by atoms with E-state index in [1.807, 2.05) is 25.1 Å². The number of aliphatic hydroxyl groups excluding tert-OH is 1. The van der Waals surface area contributed by atoms with Crippen LogP contribution in [0.1, 0.15) is 6.42 Å². The molecule has 0 spiro atoms. The smallest absolute Gasteiger partial charge is 0.232 e. The topological polar surface area (TPSA) is 67.6 Å². The molecular weight excluding hydrogens is 238 g/mol. The lowest BCUT2D eigenvalue weighted by molar-refractivity contribution is -0.129. The van der Waals surface area contributed by atoms with Gasteiger partial charge in [0.05, 0.1) is 23.7 Å². The molecule has 0 saturated carbocycles. The Morgan fingerprint density at radius 3 is 2.94 bits per heavy atom. The van der Waals surface area contributed by atoms with Crippen LogP contribution in [-0.4, -0.2) is 71.6 Å². The number of amides is 1. The summed E-state index contributed by atoms with van der Waals surface area (Å²) in [5.41, 5.74) is 0. The van der Waals surface area contributed by atoms with Gasteiger partial charge in [0.15, 0.2) is 0 Å². The fraction of sp³-hybridized carbons (Fsp3) is 0.818. The van der Waals surface area contributed by atoms with Gasteiger partial charge in [-0.2, -0.15) is 5.26 Å². The molecule has 0 aromatic rings. The number of hydrogen-bond acceptors (Lipinski definition) is 5. The summed E-state index contributed by atoms with van der Waals surface area (Å²) in [6, 6.07) is 2.09. The predicted octanol–water partition coefficient (Wildman–Crippen LogP) is -0.233. The lowest BCUT2D eigenvalue weighted by Crippen LogP contribution is -2.42. The van der Waals surface area contributed by atoms with E-state index in [0.717, 1.165) is 6.54 Å². The molecule has 2 unspecified atom stereocenters. The largest absolute Gasteiger partial charge is 0.391 e. The normalized spacial score (nSPS) is 24.1. The van der Waals surface area contributed by atoms with Crippen molar-refractivity contribution in [2.75, 3.05) is 38.7 Å². The van der Waals surface area contributed by atoms with Crippen molar-refractivity contribution in [3.63, 3.8) is 0 Å². The Bertz CT molecular complexity index is 304. The van der Waals surface area contributed by atoms with E-state index in [4.69, 9.17) is 5.26 Å². The molecule has 1 amide bonds. The predicted molar refractivity (Wildman–Crippen MR) is 67.6 cm³/mol. The molecule has 5 nitrogen and oxygen atoms in total. The number of carbonyl (C=O) groups is 1. The fourth-order valence-corrected chi connectivity index (χ4v) is 2.59. The van der Waals surface area contributed by atoms with E-state index < -0.39 is 6.10 Å². The molecule has 0 aromatic carbocycles. The Balaban J connectivity index is 2.48. The number of nitriles is 1. The first-order valence-electron chi connectivity index (χ1n) is 5.61. The second-order valence-corrected chi connectivity index (χ2v) is 5.49. The van der Waals surface area contributed by atoms with Gasteiger partial charge in [-0.3, -0.25) is 4.79 Å². The maximum atomic E-state index is 11.9. The van der Waals surface area contributed by atoms with Gasteiger partial charge >= 0.3 is 0 Å². The number of rotatable bonds is 5. The molecule has 2 atom stereocenters. The molecule has 0 aromatic heterocycles. The zero-order chi connectivity index (χ0) is 12.8. The van der Waals surface area contributed by atoms with E-state index in [0.29, 0.717) is 24.5 Å². The molecule has 1 aliphatic rings. The van der Waals surface area contributed by atoms with Crippen LogP contribution in [0.5, 0.6) is 0 Å². The SMILES string of the molecule is CN(C)CC1CC(O)CN1C(=O)CSCC#N. The van der Waals surface area contributed by atoms with Crippen LogP contribution in [0.15, 0.2) is 0 Å². The van der Waals surface area contributed by atoms with Crippen LogP contribution >= 0.6 is 11.8 Å². The molecule has 17 heavy (non-hydrogen) atoms. The Labute approximate surface area is 106 Å². The summed E-state index contributed by atoms with van der Waals surface area (Å²) < 4.78 is 0. The number of carbonyl (C=O) groups excluding carboxylic acids is 1. The van der Waals surface area contributed by atoms with Gasteiger partial charge in [-0.15, -0.1) is 11.8 Å². The van der Waals surface area contributed by atoms with E-state index in [9.17, 15) is 9.90 Å². The molecule has 1 N–H and O–H groups in total. The minimum absolute atomic E-state index is 0.0219. The van der Waals surface area contributed by atoms with Crippen molar-refractivity contribution in [3.05, 3.63) is 0 Å². The van der Waals surface area contributed by atoms with Crippen LogP contribution in [0.4, 0.5) is 0 Å². The number of likely N-dealkylation sites (tertiary alicyclic amines) is 1. The molecule has 1 rings (SSSR count). The molecule has 0 aliphatic carbocycles. The highest BCUT2D eigenvalue weighted by molar-refractivity contribution is 8.00. The first-order chi connectivity index (χ1) is 8.04. The van der Waals surface area contributed by atoms with E-state index in [1.54, 1.807) is 4.90 Å². The van der Waals surface area contributed by atoms with E-state index in [-0.39, 0.29) is 11.9 Å². The first-order valence-corrected chi connectivity index (χ1v) is 6.77. The molecule has 1 fully saturated rings. The monoisotopic (exact) mass is 257 g/mol. The summed E-state index contributed by atoms with van der Waals surface area (Å²) in [5, 5.41) is 18.0. The summed E-state index contributed by atoms with van der Waals surface area (Å²) in [6.07, 6.45) is 0.234. The summed E-state index contributed by atoms with van der Waals surface area (Å²) >= 11 is 1.32. The van der Waals surface area contributed by atoms with E-state index in [2.05, 4.69) is 0 Å². The van der Waals surface area contributed by atoms with Gasteiger partial charge in [-0.25, -0.2) is 0 Å². The van der Waals surface area contributed by atoms with Crippen molar-refractivity contribution in [3.8, 4) is 6.07 Å². The third-order valence-corrected chi connectivity index (χ3v) is 3.47. The fourth-order valence-electron chi connectivity index (χ4n) is 2.06. The Hall–Kier alpha value is -0.770. The third kappa shape index (κ3) is 4.54. The number of thioether (sulfide) groups is 1. The van der Waals surface area contributed by atoms with Crippen molar-refractivity contribution in [1.29, 1.82) is 5.26 Å². The maximum absolute atomic E-state index is 11.9. The van der Waals surface area contributed by atoms with Crippen molar-refractivity contribution in [2.24, 2.45) is 0 Å². The molecule has 1 heterocycles. The number of nitrogens with zero attached hydrogens (tertiary/aromatic N) is 3. The highest BCUT2D eigenvalue weighted by Gasteiger charge is 2.33. The van der Waals surface area contributed by atoms with Gasteiger partial charge in [0, 0.05) is 19.1 Å². The summed E-state index contributed by atoms with van der Waals surface area (Å²) in [7, 11) is 3.91. The molecule has 1 aliphatic heterocycles. The number of likely N-dealkylation sites (N-methyl/N-ethyl adjacent to an activating group) is 1. The van der Waals surface area contributed by atoms with Crippen molar-refractivity contribution < 1.29 is 9.90 Å². The number of β-amino-alcohol motifs (C(OH)–C–C–N with tert-alkyl or cyclic N) is 1. The third-order valence-electron chi connectivity index (χ3n) is 2.68. The molecule has 0 bridgehead atoms. The van der Waals surface area contributed by atoms with Crippen LogP contribution in [0.2, 0.25) is 0 Å². The minimum Gasteiger partial charge on any atom is -0.391 e. The van der Waals surface area contributed by atoms with Crippen molar-refractivity contribution in [1.82, 2.24) is 9.80 Å². The molecule has 0 radical (unpaired) electrons. The first kappa shape index (κ1) is 14.3. The lowest BCUT2D eigenvalue weighted by Gasteiger charge is -2.26. The van der Waals surface area contributed by atoms with Crippen molar-refractivity contribution in [2.45, 2.75) is 18.6 Å². The molecular formula is C11H19N3O2S. The van der Waals surface area contributed by atoms with Gasteiger partial charge in [0.1, 0.15) is 0 Å². The summed E-state index contributed by atoms with van der Waals surface area (Å²) in [5.74, 6) is 0.679. The highest BCUT2D eigenvalue weighted by Crippen LogP contribution is 2.19. The zero-order valence-corrected chi connectivity index (χ0v) is 11.1. The maximum Gasteiger partial charge on any atom is 0.232 e. The van der Waals surface area contributed by atoms with Crippen LogP contribution < -0.4 is 0 Å². The van der Waals surface area contributed by atoms with Crippen LogP contribution in [0.25, 0.3) is 0 Å². The quantitative estimate of drug-likeness (QED) is 0.689. The van der Waals surface area contributed by atoms with Gasteiger partial charge in [-0.1, -0.05) is 0 Å². The molecule has 6 heteroatoms. The summed E-state index contributed by atoms with van der Waals surface area (Å²) in [4.78, 5) is 15.7. The Morgan fingerprint density at radius 2 is 2.35 bits per heavy atom. The summed E-state index contributed by atoms with van der Waals surface area (Å²) in [6.45, 7) is 1.19. The average Bonchev–Trinajstić information content (AvgIpc) is 2.58. The van der Waals surface area contributed by atoms with Crippen molar-refractivity contribution >= 4 is 17.7 Å². The minimum atomic E-state index is -0.412. The zero-order valence-electron chi connectivity index (χ0n) is 10.3. The van der Waals surface area contributed by atoms with Crippen LogP contribution in [0.3, 0.4) is 0 Å². The Kier molecular flexibility index (Phi) is 5.75. The van der Waals surface area contributed by atoms with E-state index >= 15 is 0 Å².